The lowest BCUT2D eigenvalue weighted by Crippen LogP contribution is -2.46. The van der Waals surface area contributed by atoms with Gasteiger partial charge in [0.25, 0.3) is 0 Å². The number of unbranched alkanes of at least 4 members (excludes halogenated alkanes) is 19. The lowest BCUT2D eigenvalue weighted by Gasteiger charge is -2.24. The van der Waals surface area contributed by atoms with Crippen LogP contribution in [0.15, 0.2) is 122 Å². The number of aliphatic hydroxyl groups excluding tert-OH is 2. The zero-order valence-corrected chi connectivity index (χ0v) is 40.4. The van der Waals surface area contributed by atoms with Gasteiger partial charge in [-0.3, -0.25) is 9.59 Å². The number of rotatable bonds is 43. The van der Waals surface area contributed by atoms with Crippen LogP contribution in [-0.2, 0) is 14.3 Å². The number of hydrogen-bond acceptors (Lipinski definition) is 5. The second-order valence-electron chi connectivity index (χ2n) is 16.8. The summed E-state index contributed by atoms with van der Waals surface area (Å²) in [5, 5.41) is 23.7. The molecule has 6 heteroatoms. The molecule has 0 spiro atoms. The molecule has 63 heavy (non-hydrogen) atoms. The Morgan fingerprint density at radius 2 is 0.841 bits per heavy atom. The van der Waals surface area contributed by atoms with E-state index in [0.29, 0.717) is 19.3 Å². The first-order chi connectivity index (χ1) is 31.0. The van der Waals surface area contributed by atoms with Gasteiger partial charge in [-0.15, -0.1) is 0 Å². The Morgan fingerprint density at radius 3 is 1.30 bits per heavy atom. The summed E-state index contributed by atoms with van der Waals surface area (Å²) in [5.41, 5.74) is 0. The molecular formula is C57H93NO5. The highest BCUT2D eigenvalue weighted by Crippen LogP contribution is 2.17. The van der Waals surface area contributed by atoms with Gasteiger partial charge in [0.2, 0.25) is 5.91 Å². The molecule has 0 bridgehead atoms. The van der Waals surface area contributed by atoms with E-state index in [1.165, 1.54) is 51.4 Å². The fourth-order valence-electron chi connectivity index (χ4n) is 6.90. The summed E-state index contributed by atoms with van der Waals surface area (Å²) in [5.74, 6) is -0.558. The molecule has 0 aromatic heterocycles. The minimum atomic E-state index is -0.812. The van der Waals surface area contributed by atoms with Gasteiger partial charge in [-0.25, -0.2) is 0 Å². The van der Waals surface area contributed by atoms with Crippen LogP contribution in [0.2, 0.25) is 0 Å². The number of nitrogens with one attached hydrogen (secondary N) is 1. The summed E-state index contributed by atoms with van der Waals surface area (Å²) in [4.78, 5) is 26.1. The van der Waals surface area contributed by atoms with Crippen molar-refractivity contribution in [2.24, 2.45) is 0 Å². The van der Waals surface area contributed by atoms with Gasteiger partial charge >= 0.3 is 5.97 Å². The highest BCUT2D eigenvalue weighted by atomic mass is 16.5. The third-order valence-electron chi connectivity index (χ3n) is 10.7. The monoisotopic (exact) mass is 872 g/mol. The molecule has 3 atom stereocenters. The topological polar surface area (TPSA) is 95.9 Å². The van der Waals surface area contributed by atoms with Crippen molar-refractivity contribution in [3.05, 3.63) is 122 Å². The molecule has 0 fully saturated rings. The molecule has 1 amide bonds. The van der Waals surface area contributed by atoms with Crippen molar-refractivity contribution in [2.75, 3.05) is 6.61 Å². The quantitative estimate of drug-likeness (QED) is 0.0322. The molecule has 6 nitrogen and oxygen atoms in total. The van der Waals surface area contributed by atoms with Gasteiger partial charge in [0.15, 0.2) is 0 Å². The van der Waals surface area contributed by atoms with Crippen molar-refractivity contribution in [2.45, 2.75) is 219 Å². The second-order valence-corrected chi connectivity index (χ2v) is 16.8. The molecule has 0 aliphatic carbocycles. The van der Waals surface area contributed by atoms with E-state index < -0.39 is 18.2 Å². The number of ether oxygens (including phenoxy) is 1. The molecule has 0 aromatic rings. The fourth-order valence-corrected chi connectivity index (χ4v) is 6.90. The average molecular weight is 872 g/mol. The summed E-state index contributed by atoms with van der Waals surface area (Å²) < 4.78 is 5.90. The maximum atomic E-state index is 13.2. The van der Waals surface area contributed by atoms with Gasteiger partial charge in [-0.05, 0) is 64.2 Å². The Hall–Kier alpha value is -3.74. The maximum absolute atomic E-state index is 13.2. The lowest BCUT2D eigenvalue weighted by atomic mass is 10.0. The van der Waals surface area contributed by atoms with Crippen LogP contribution in [0.1, 0.15) is 201 Å². The number of carbonyl (C=O) groups is 2. The molecule has 0 aromatic carbocycles. The van der Waals surface area contributed by atoms with Crippen LogP contribution in [0.25, 0.3) is 0 Å². The molecule has 0 aliphatic rings. The number of esters is 1. The summed E-state index contributed by atoms with van der Waals surface area (Å²) in [6, 6.07) is -0.729. The van der Waals surface area contributed by atoms with Crippen LogP contribution >= 0.6 is 0 Å². The standard InChI is InChI=1S/C57H93NO5/c1-4-7-10-13-16-19-22-24-26-28-29-31-33-35-38-41-44-47-50-57(62)63-53(48-45-42-39-36-34-32-30-27-25-23-20-17-14-11-8-5-2)51-56(61)58-54(52-59)55(60)49-46-43-40-37-21-18-15-12-9-6-3/h10-11,13-14,16-17,19-20,22-32,34,53-55,59-60H,4-9,12,15,18,21,33,35-52H2,1-3H3,(H,58,61)/b13-10+,14-11+,19-16+,20-17+,24-22+,25-23+,28-26+,30-27+,31-29+,34-32+. The van der Waals surface area contributed by atoms with E-state index in [9.17, 15) is 19.8 Å². The van der Waals surface area contributed by atoms with Gasteiger partial charge in [-0.2, -0.15) is 0 Å². The van der Waals surface area contributed by atoms with Gasteiger partial charge < -0.3 is 20.3 Å². The van der Waals surface area contributed by atoms with Crippen LogP contribution in [-0.4, -0.2) is 46.9 Å². The molecule has 3 N–H and O–H groups in total. The first-order valence-corrected chi connectivity index (χ1v) is 25.4. The smallest absolute Gasteiger partial charge is 0.306 e. The maximum Gasteiger partial charge on any atom is 0.306 e. The van der Waals surface area contributed by atoms with Crippen molar-refractivity contribution >= 4 is 11.9 Å². The Kier molecular flexibility index (Phi) is 46.4. The van der Waals surface area contributed by atoms with Crippen molar-refractivity contribution < 1.29 is 24.5 Å². The van der Waals surface area contributed by atoms with E-state index in [2.05, 4.69) is 86.8 Å². The Bertz CT molecular complexity index is 1350. The highest BCUT2D eigenvalue weighted by molar-refractivity contribution is 5.77. The molecule has 0 saturated carbocycles. The van der Waals surface area contributed by atoms with Crippen LogP contribution in [0.3, 0.4) is 0 Å². The minimum Gasteiger partial charge on any atom is -0.462 e. The number of allylic oxidation sites excluding steroid dienone is 20. The second kappa shape index (κ2) is 49.3. The molecule has 0 rings (SSSR count). The summed E-state index contributed by atoms with van der Waals surface area (Å²) >= 11 is 0. The molecule has 0 radical (unpaired) electrons. The number of aliphatic hydroxyl groups is 2. The fraction of sp³-hybridized carbons (Fsp3) is 0.614. The van der Waals surface area contributed by atoms with E-state index in [0.717, 1.165) is 103 Å². The van der Waals surface area contributed by atoms with Crippen LogP contribution in [0.4, 0.5) is 0 Å². The Balaban J connectivity index is 4.78. The summed E-state index contributed by atoms with van der Waals surface area (Å²) in [6.45, 7) is 6.26. The van der Waals surface area contributed by atoms with E-state index in [1.807, 2.05) is 60.8 Å². The SMILES string of the molecule is CCC/C=C/C=C/C=C/C=C/C=C/CCCCCCCC(=O)OC(CCCCC/C=C/C=C/C=C/C=C/C=C/CCC)CC(=O)NC(CO)C(O)CCCCCCCCCCCC. The van der Waals surface area contributed by atoms with Crippen molar-refractivity contribution in [3.63, 3.8) is 0 Å². The summed E-state index contributed by atoms with van der Waals surface area (Å²) in [6.07, 6.45) is 68.1. The normalized spacial score (nSPS) is 14.3. The van der Waals surface area contributed by atoms with Gasteiger partial charge in [0, 0.05) is 6.42 Å². The van der Waals surface area contributed by atoms with Crippen molar-refractivity contribution in [3.8, 4) is 0 Å². The largest absolute Gasteiger partial charge is 0.462 e. The molecule has 0 heterocycles. The molecular weight excluding hydrogens is 779 g/mol. The minimum absolute atomic E-state index is 0.0302. The predicted molar refractivity (Wildman–Crippen MR) is 273 cm³/mol. The number of amides is 1. The Morgan fingerprint density at radius 1 is 0.460 bits per heavy atom. The third-order valence-corrected chi connectivity index (χ3v) is 10.7. The number of carbonyl (C=O) groups excluding carboxylic acids is 2. The van der Waals surface area contributed by atoms with Crippen molar-refractivity contribution in [1.29, 1.82) is 0 Å². The van der Waals surface area contributed by atoms with Crippen molar-refractivity contribution in [1.82, 2.24) is 5.32 Å². The zero-order valence-electron chi connectivity index (χ0n) is 40.4. The molecule has 3 unspecified atom stereocenters. The average Bonchev–Trinajstić information content (AvgIpc) is 3.28. The highest BCUT2D eigenvalue weighted by Gasteiger charge is 2.24. The van der Waals surface area contributed by atoms with E-state index >= 15 is 0 Å². The first-order valence-electron chi connectivity index (χ1n) is 25.4. The zero-order chi connectivity index (χ0) is 45.9. The Labute approximate surface area is 387 Å². The predicted octanol–water partition coefficient (Wildman–Crippen LogP) is 15.3. The van der Waals surface area contributed by atoms with Crippen LogP contribution < -0.4 is 5.32 Å². The third kappa shape index (κ3) is 44.7. The first kappa shape index (κ1) is 59.3. The molecule has 0 aliphatic heterocycles. The van der Waals surface area contributed by atoms with Crippen LogP contribution in [0.5, 0.6) is 0 Å². The van der Waals surface area contributed by atoms with Gasteiger partial charge in [-0.1, -0.05) is 245 Å². The number of hydrogen-bond donors (Lipinski definition) is 3. The van der Waals surface area contributed by atoms with Gasteiger partial charge in [0.05, 0.1) is 25.2 Å². The molecule has 0 saturated heterocycles. The van der Waals surface area contributed by atoms with Crippen LogP contribution in [0, 0.1) is 0 Å². The lowest BCUT2D eigenvalue weighted by molar-refractivity contribution is -0.151. The van der Waals surface area contributed by atoms with E-state index in [-0.39, 0.29) is 24.9 Å². The van der Waals surface area contributed by atoms with E-state index in [4.69, 9.17) is 4.74 Å². The van der Waals surface area contributed by atoms with Gasteiger partial charge in [0.1, 0.15) is 6.10 Å². The van der Waals surface area contributed by atoms with E-state index in [1.54, 1.807) is 0 Å². The molecule has 356 valence electrons. The summed E-state index contributed by atoms with van der Waals surface area (Å²) in [7, 11) is 0.